The number of amidine groups is 1. The largest absolute Gasteiger partial charge is 0.493 e. The van der Waals surface area contributed by atoms with Crippen LogP contribution in [0.5, 0.6) is 5.75 Å². The van der Waals surface area contributed by atoms with Gasteiger partial charge in [0.25, 0.3) is 5.91 Å². The van der Waals surface area contributed by atoms with E-state index in [0.29, 0.717) is 39.6 Å². The second kappa shape index (κ2) is 10.9. The Morgan fingerprint density at radius 2 is 1.63 bits per heavy atom. The van der Waals surface area contributed by atoms with E-state index in [1.54, 1.807) is 6.07 Å². The molecule has 0 aliphatic carbocycles. The molecule has 1 aliphatic heterocycles. The molecule has 1 fully saturated rings. The van der Waals surface area contributed by atoms with E-state index in [4.69, 9.17) is 56.1 Å². The van der Waals surface area contributed by atoms with Crippen molar-refractivity contribution >= 4 is 81.3 Å². The number of carbonyl (C=O) groups excluding carboxylic acids is 1. The third-order valence-electron chi connectivity index (χ3n) is 5.11. The smallest absolute Gasteiger partial charge is 0.267 e. The second-order valence-corrected chi connectivity index (χ2v) is 10.6. The maximum atomic E-state index is 13.7. The van der Waals surface area contributed by atoms with Crippen LogP contribution in [0.3, 0.4) is 0 Å². The first-order chi connectivity index (χ1) is 16.7. The van der Waals surface area contributed by atoms with Crippen LogP contribution in [0.15, 0.2) is 58.4 Å². The molecule has 0 radical (unpaired) electrons. The lowest BCUT2D eigenvalue weighted by Crippen LogP contribution is -2.36. The van der Waals surface area contributed by atoms with Gasteiger partial charge in [-0.3, -0.25) is 10.2 Å². The quantitative estimate of drug-likeness (QED) is 0.327. The van der Waals surface area contributed by atoms with E-state index in [-0.39, 0.29) is 16.0 Å². The Morgan fingerprint density at radius 1 is 0.971 bits per heavy atom. The number of aryl methyl sites for hydroxylation is 2. The second-order valence-electron chi connectivity index (χ2n) is 7.84. The fourth-order valence-electron chi connectivity index (χ4n) is 3.51. The van der Waals surface area contributed by atoms with Crippen LogP contribution in [-0.4, -0.2) is 23.6 Å². The van der Waals surface area contributed by atoms with Gasteiger partial charge in [0.1, 0.15) is 22.5 Å². The van der Waals surface area contributed by atoms with Crippen molar-refractivity contribution in [3.05, 3.63) is 79.7 Å². The van der Waals surface area contributed by atoms with Crippen molar-refractivity contribution in [2.75, 3.05) is 11.6 Å². The highest BCUT2D eigenvalue weighted by Gasteiger charge is 2.41. The summed E-state index contributed by atoms with van der Waals surface area (Å²) in [5.41, 5.74) is 5.95. The Labute approximate surface area is 228 Å². The number of halogens is 4. The summed E-state index contributed by atoms with van der Waals surface area (Å²) in [6, 6.07) is 14.4. The lowest BCUT2D eigenvalue weighted by molar-refractivity contribution is -0.116. The minimum absolute atomic E-state index is 0.229. The van der Waals surface area contributed by atoms with Gasteiger partial charge in [-0.2, -0.15) is 0 Å². The Morgan fingerprint density at radius 3 is 2.31 bits per heavy atom. The molecule has 1 saturated heterocycles. The highest BCUT2D eigenvalue weighted by Crippen LogP contribution is 2.41. The van der Waals surface area contributed by atoms with Gasteiger partial charge < -0.3 is 4.74 Å². The summed E-state index contributed by atoms with van der Waals surface area (Å²) in [4.78, 5) is 19.3. The number of hydrazine groups is 1. The van der Waals surface area contributed by atoms with Crippen LogP contribution in [0.25, 0.3) is 0 Å². The van der Waals surface area contributed by atoms with Crippen LogP contribution >= 0.6 is 58.2 Å². The Kier molecular flexibility index (Phi) is 8.09. The number of thioether (sulfide) groups is 1. The fraction of sp³-hybridized carbons (Fsp3) is 0.200. The van der Waals surface area contributed by atoms with Crippen LogP contribution in [0, 0.1) is 13.8 Å². The summed E-state index contributed by atoms with van der Waals surface area (Å²) < 4.78 is 5.80. The van der Waals surface area contributed by atoms with Crippen molar-refractivity contribution in [3.63, 3.8) is 0 Å². The van der Waals surface area contributed by atoms with Crippen LogP contribution < -0.4 is 15.2 Å². The number of hydrogen-bond acceptors (Lipinski definition) is 4. The molecular formula is C25H21Cl4N3O2S. The molecule has 1 unspecified atom stereocenters. The molecule has 0 saturated carbocycles. The maximum Gasteiger partial charge on any atom is 0.267 e. The molecule has 3 aromatic rings. The van der Waals surface area contributed by atoms with Gasteiger partial charge in [0.15, 0.2) is 0 Å². The Hall–Kier alpha value is -2.09. The topological polar surface area (TPSA) is 53.9 Å². The zero-order chi connectivity index (χ0) is 25.3. The van der Waals surface area contributed by atoms with Crippen molar-refractivity contribution in [2.45, 2.75) is 30.9 Å². The highest BCUT2D eigenvalue weighted by atomic mass is 35.5. The van der Waals surface area contributed by atoms with Crippen LogP contribution in [0.2, 0.25) is 20.1 Å². The summed E-state index contributed by atoms with van der Waals surface area (Å²) in [7, 11) is 0. The third-order valence-corrected chi connectivity index (χ3v) is 7.46. The molecule has 10 heteroatoms. The molecular weight excluding hydrogens is 548 g/mol. The average molecular weight is 569 g/mol. The Bertz CT molecular complexity index is 1310. The number of benzene rings is 3. The number of aliphatic imine (C=N–C) groups is 1. The predicted molar refractivity (Wildman–Crippen MR) is 147 cm³/mol. The normalized spacial score (nSPS) is 16.7. The summed E-state index contributed by atoms with van der Waals surface area (Å²) in [6.45, 7) is 6.33. The fourth-order valence-corrected chi connectivity index (χ4v) is 5.83. The van der Waals surface area contributed by atoms with Crippen LogP contribution in [-0.2, 0) is 4.79 Å². The summed E-state index contributed by atoms with van der Waals surface area (Å²) in [5, 5.41) is 1.85. The minimum Gasteiger partial charge on any atom is -0.493 e. The molecule has 35 heavy (non-hydrogen) atoms. The minimum atomic E-state index is -0.740. The molecule has 0 aromatic heterocycles. The number of rotatable bonds is 6. The number of nitrogens with one attached hydrogen (secondary N) is 1. The third kappa shape index (κ3) is 5.68. The zero-order valence-electron chi connectivity index (χ0n) is 19.0. The number of anilines is 1. The summed E-state index contributed by atoms with van der Waals surface area (Å²) in [5.74, 6) is 0.774. The average Bonchev–Trinajstić information content (AvgIpc) is 3.07. The number of amides is 1. The van der Waals surface area contributed by atoms with Gasteiger partial charge in [0, 0.05) is 5.02 Å². The predicted octanol–water partition coefficient (Wildman–Crippen LogP) is 8.06. The van der Waals surface area contributed by atoms with E-state index in [1.807, 2.05) is 51.1 Å². The maximum absolute atomic E-state index is 13.7. The van der Waals surface area contributed by atoms with Gasteiger partial charge in [0.05, 0.1) is 32.3 Å². The first kappa shape index (κ1) is 26.0. The monoisotopic (exact) mass is 567 g/mol. The molecule has 5 nitrogen and oxygen atoms in total. The summed E-state index contributed by atoms with van der Waals surface area (Å²) in [6.07, 6.45) is 0. The lowest BCUT2D eigenvalue weighted by Gasteiger charge is -2.19. The van der Waals surface area contributed by atoms with Crippen molar-refractivity contribution in [1.82, 2.24) is 5.43 Å². The van der Waals surface area contributed by atoms with E-state index in [9.17, 15) is 4.79 Å². The number of nitrogens with zero attached hydrogens (tertiary/aromatic N) is 2. The van der Waals surface area contributed by atoms with Gasteiger partial charge >= 0.3 is 0 Å². The standard InChI is InChI=1S/C25H21Cl4N3O2S/c1-4-34-20-8-6-14(3)10-21(20)35-23-24(30-19-9-13(2)5-7-16(19)27)31-32(25(23)33)22-17(28)11-15(26)12-18(22)29/h5-12,23H,4H2,1-3H3,(H,30,31). The molecule has 3 aromatic carbocycles. The van der Waals surface area contributed by atoms with Gasteiger partial charge in [-0.1, -0.05) is 58.5 Å². The van der Waals surface area contributed by atoms with Crippen molar-refractivity contribution in [2.24, 2.45) is 4.99 Å². The molecule has 1 N–H and O–H groups in total. The van der Waals surface area contributed by atoms with Crippen molar-refractivity contribution in [1.29, 1.82) is 0 Å². The SMILES string of the molecule is CCOc1ccc(C)cc1SC1C(=O)N(c2c(Cl)cc(Cl)cc2Cl)NC1=Nc1cc(C)ccc1Cl. The molecule has 1 aliphatic rings. The van der Waals surface area contributed by atoms with Crippen molar-refractivity contribution < 1.29 is 9.53 Å². The number of carbonyl (C=O) groups is 1. The number of ether oxygens (including phenoxy) is 1. The highest BCUT2D eigenvalue weighted by molar-refractivity contribution is 8.01. The molecule has 1 amide bonds. The number of hydrogen-bond donors (Lipinski definition) is 1. The summed E-state index contributed by atoms with van der Waals surface area (Å²) >= 11 is 26.7. The van der Waals surface area contributed by atoms with E-state index >= 15 is 0 Å². The molecule has 0 bridgehead atoms. The molecule has 0 spiro atoms. The van der Waals surface area contributed by atoms with E-state index in [1.165, 1.54) is 28.9 Å². The van der Waals surface area contributed by atoms with E-state index in [2.05, 4.69) is 5.43 Å². The van der Waals surface area contributed by atoms with Crippen molar-refractivity contribution in [3.8, 4) is 5.75 Å². The molecule has 1 atom stereocenters. The zero-order valence-corrected chi connectivity index (χ0v) is 22.9. The van der Waals surface area contributed by atoms with Gasteiger partial charge in [0.2, 0.25) is 0 Å². The first-order valence-electron chi connectivity index (χ1n) is 10.7. The van der Waals surface area contributed by atoms with Crippen LogP contribution in [0.1, 0.15) is 18.1 Å². The van der Waals surface area contributed by atoms with Gasteiger partial charge in [-0.05, 0) is 68.3 Å². The van der Waals surface area contributed by atoms with Gasteiger partial charge in [-0.15, -0.1) is 11.8 Å². The lowest BCUT2D eigenvalue weighted by atomic mass is 10.2. The van der Waals surface area contributed by atoms with Crippen LogP contribution in [0.4, 0.5) is 11.4 Å². The van der Waals surface area contributed by atoms with E-state index in [0.717, 1.165) is 16.0 Å². The van der Waals surface area contributed by atoms with Gasteiger partial charge in [-0.25, -0.2) is 10.0 Å². The Balaban J connectivity index is 1.82. The first-order valence-corrected chi connectivity index (χ1v) is 13.1. The van der Waals surface area contributed by atoms with E-state index < -0.39 is 5.25 Å². The molecule has 1 heterocycles. The molecule has 182 valence electrons. The molecule has 4 rings (SSSR count).